The van der Waals surface area contributed by atoms with E-state index in [-0.39, 0.29) is 17.7 Å². The van der Waals surface area contributed by atoms with E-state index in [4.69, 9.17) is 9.47 Å². The van der Waals surface area contributed by atoms with Crippen molar-refractivity contribution >= 4 is 17.5 Å². The van der Waals surface area contributed by atoms with Crippen molar-refractivity contribution in [3.05, 3.63) is 53.6 Å². The van der Waals surface area contributed by atoms with Gasteiger partial charge in [-0.25, -0.2) is 0 Å². The number of hydrogen-bond acceptors (Lipinski definition) is 4. The molecule has 152 valence electrons. The van der Waals surface area contributed by atoms with Crippen molar-refractivity contribution in [1.29, 1.82) is 0 Å². The van der Waals surface area contributed by atoms with Crippen LogP contribution in [0.25, 0.3) is 0 Å². The highest BCUT2D eigenvalue weighted by Gasteiger charge is 2.38. The van der Waals surface area contributed by atoms with Gasteiger partial charge in [0.25, 0.3) is 0 Å². The number of benzene rings is 2. The fourth-order valence-electron chi connectivity index (χ4n) is 4.24. The number of nitrogens with zero attached hydrogens (tertiary/aromatic N) is 2. The molecule has 2 aliphatic heterocycles. The highest BCUT2D eigenvalue weighted by Crippen LogP contribution is 2.31. The van der Waals surface area contributed by atoms with Gasteiger partial charge in [0.1, 0.15) is 0 Å². The molecule has 2 amide bonds. The van der Waals surface area contributed by atoms with Gasteiger partial charge >= 0.3 is 0 Å². The van der Waals surface area contributed by atoms with Gasteiger partial charge in [-0.05, 0) is 42.2 Å². The molecule has 6 nitrogen and oxygen atoms in total. The monoisotopic (exact) mass is 394 g/mol. The van der Waals surface area contributed by atoms with E-state index in [9.17, 15) is 9.59 Å². The molecule has 2 aromatic rings. The second-order valence-electron chi connectivity index (χ2n) is 7.55. The summed E-state index contributed by atoms with van der Waals surface area (Å²) in [4.78, 5) is 29.2. The predicted molar refractivity (Wildman–Crippen MR) is 110 cm³/mol. The maximum Gasteiger partial charge on any atom is 0.232 e. The molecule has 0 N–H and O–H groups in total. The Hall–Kier alpha value is -3.02. The number of rotatable bonds is 6. The summed E-state index contributed by atoms with van der Waals surface area (Å²) in [5, 5.41) is 0. The van der Waals surface area contributed by atoms with E-state index in [2.05, 4.69) is 6.07 Å². The summed E-state index contributed by atoms with van der Waals surface area (Å²) in [6.07, 6.45) is 1.88. The molecule has 2 aromatic carbocycles. The van der Waals surface area contributed by atoms with Gasteiger partial charge < -0.3 is 19.3 Å². The number of carbonyl (C=O) groups excluding carboxylic acids is 2. The molecule has 29 heavy (non-hydrogen) atoms. The minimum atomic E-state index is -0.265. The minimum Gasteiger partial charge on any atom is -0.493 e. The number of para-hydroxylation sites is 1. The van der Waals surface area contributed by atoms with Crippen LogP contribution >= 0.6 is 0 Å². The van der Waals surface area contributed by atoms with E-state index in [1.807, 2.05) is 41.3 Å². The molecule has 1 atom stereocenters. The molecule has 4 rings (SSSR count). The Balaban J connectivity index is 1.38. The zero-order valence-corrected chi connectivity index (χ0v) is 16.9. The van der Waals surface area contributed by atoms with Crippen molar-refractivity contribution in [2.24, 2.45) is 5.92 Å². The number of fused-ring (bicyclic) bond motifs is 1. The van der Waals surface area contributed by atoms with Crippen molar-refractivity contribution in [2.45, 2.75) is 19.3 Å². The van der Waals surface area contributed by atoms with Gasteiger partial charge in [-0.15, -0.1) is 0 Å². The smallest absolute Gasteiger partial charge is 0.232 e. The van der Waals surface area contributed by atoms with Gasteiger partial charge in [0.05, 0.1) is 20.1 Å². The van der Waals surface area contributed by atoms with Crippen molar-refractivity contribution < 1.29 is 19.1 Å². The maximum absolute atomic E-state index is 13.0. The van der Waals surface area contributed by atoms with Gasteiger partial charge in [-0.1, -0.05) is 24.3 Å². The SMILES string of the molecule is COc1ccc(CCN2CC(C(=O)N3CCc4ccccc43)CC2=O)cc1OC. The van der Waals surface area contributed by atoms with E-state index >= 15 is 0 Å². The Morgan fingerprint density at radius 3 is 2.69 bits per heavy atom. The third kappa shape index (κ3) is 3.79. The number of likely N-dealkylation sites (tertiary alicyclic amines) is 1. The molecule has 0 saturated carbocycles. The van der Waals surface area contributed by atoms with Crippen LogP contribution in [0.4, 0.5) is 5.69 Å². The fourth-order valence-corrected chi connectivity index (χ4v) is 4.24. The summed E-state index contributed by atoms with van der Waals surface area (Å²) in [6, 6.07) is 13.8. The molecule has 2 heterocycles. The Morgan fingerprint density at radius 1 is 1.10 bits per heavy atom. The Morgan fingerprint density at radius 2 is 1.90 bits per heavy atom. The van der Waals surface area contributed by atoms with Crippen molar-refractivity contribution in [2.75, 3.05) is 38.8 Å². The first kappa shape index (κ1) is 19.3. The molecule has 0 aliphatic carbocycles. The first-order valence-electron chi connectivity index (χ1n) is 9.98. The van der Waals surface area contributed by atoms with Crippen LogP contribution in [0, 0.1) is 5.92 Å². The number of ether oxygens (including phenoxy) is 2. The van der Waals surface area contributed by atoms with E-state index in [1.165, 1.54) is 5.56 Å². The molecule has 1 fully saturated rings. The Kier molecular flexibility index (Phi) is 5.43. The van der Waals surface area contributed by atoms with Crippen LogP contribution in [0.3, 0.4) is 0 Å². The molecule has 2 aliphatic rings. The molecule has 0 radical (unpaired) electrons. The first-order valence-corrected chi connectivity index (χ1v) is 9.98. The lowest BCUT2D eigenvalue weighted by atomic mass is 10.1. The summed E-state index contributed by atoms with van der Waals surface area (Å²) >= 11 is 0. The van der Waals surface area contributed by atoms with Crippen LogP contribution < -0.4 is 14.4 Å². The molecule has 0 spiro atoms. The number of methoxy groups -OCH3 is 2. The van der Waals surface area contributed by atoms with E-state index in [0.29, 0.717) is 44.0 Å². The molecule has 1 saturated heterocycles. The topological polar surface area (TPSA) is 59.1 Å². The molecule has 1 unspecified atom stereocenters. The van der Waals surface area contributed by atoms with Crippen LogP contribution in [-0.2, 0) is 22.4 Å². The number of hydrogen-bond donors (Lipinski definition) is 0. The summed E-state index contributed by atoms with van der Waals surface area (Å²) in [6.45, 7) is 1.78. The quantitative estimate of drug-likeness (QED) is 0.756. The van der Waals surface area contributed by atoms with Crippen molar-refractivity contribution in [1.82, 2.24) is 4.90 Å². The van der Waals surface area contributed by atoms with Crippen molar-refractivity contribution in [3.63, 3.8) is 0 Å². The molecule has 0 aromatic heterocycles. The molecule has 6 heteroatoms. The zero-order valence-electron chi connectivity index (χ0n) is 16.9. The van der Waals surface area contributed by atoms with Gasteiger partial charge in [-0.3, -0.25) is 9.59 Å². The Labute approximate surface area is 171 Å². The standard InChI is InChI=1S/C23H26N2O4/c1-28-20-8-7-16(13-21(20)29-2)9-11-24-15-18(14-22(24)26)23(27)25-12-10-17-5-3-4-6-19(17)25/h3-8,13,18H,9-12,14-15H2,1-2H3. The number of carbonyl (C=O) groups is 2. The van der Waals surface area contributed by atoms with Crippen LogP contribution in [-0.4, -0.2) is 50.6 Å². The Bertz CT molecular complexity index is 927. The fraction of sp³-hybridized carbons (Fsp3) is 0.391. The van der Waals surface area contributed by atoms with Gasteiger partial charge in [0.15, 0.2) is 11.5 Å². The highest BCUT2D eigenvalue weighted by molar-refractivity contribution is 6.00. The van der Waals surface area contributed by atoms with Crippen LogP contribution in [0.5, 0.6) is 11.5 Å². The van der Waals surface area contributed by atoms with Crippen LogP contribution in [0.1, 0.15) is 17.5 Å². The third-order valence-corrected chi connectivity index (χ3v) is 5.84. The van der Waals surface area contributed by atoms with Gasteiger partial charge in [-0.2, -0.15) is 0 Å². The van der Waals surface area contributed by atoms with Gasteiger partial charge in [0, 0.05) is 31.7 Å². The molecular weight excluding hydrogens is 368 g/mol. The van der Waals surface area contributed by atoms with Crippen LogP contribution in [0.2, 0.25) is 0 Å². The lowest BCUT2D eigenvalue weighted by Crippen LogP contribution is -2.36. The summed E-state index contributed by atoms with van der Waals surface area (Å²) in [5.41, 5.74) is 3.27. The second kappa shape index (κ2) is 8.15. The molecule has 0 bridgehead atoms. The van der Waals surface area contributed by atoms with Crippen LogP contribution in [0.15, 0.2) is 42.5 Å². The maximum atomic E-state index is 13.0. The van der Waals surface area contributed by atoms with E-state index in [0.717, 1.165) is 17.7 Å². The third-order valence-electron chi connectivity index (χ3n) is 5.84. The van der Waals surface area contributed by atoms with Crippen molar-refractivity contribution in [3.8, 4) is 11.5 Å². The lowest BCUT2D eigenvalue weighted by Gasteiger charge is -2.22. The largest absolute Gasteiger partial charge is 0.493 e. The average Bonchev–Trinajstić information content (AvgIpc) is 3.35. The summed E-state index contributed by atoms with van der Waals surface area (Å²) < 4.78 is 10.6. The zero-order chi connectivity index (χ0) is 20.4. The normalized spacial score (nSPS) is 18.1. The predicted octanol–water partition coefficient (Wildman–Crippen LogP) is 2.68. The van der Waals surface area contributed by atoms with E-state index in [1.54, 1.807) is 19.1 Å². The lowest BCUT2D eigenvalue weighted by molar-refractivity contribution is -0.128. The minimum absolute atomic E-state index is 0.0521. The summed E-state index contributed by atoms with van der Waals surface area (Å²) in [5.74, 6) is 1.22. The molecular formula is C23H26N2O4. The van der Waals surface area contributed by atoms with Gasteiger partial charge in [0.2, 0.25) is 11.8 Å². The highest BCUT2D eigenvalue weighted by atomic mass is 16.5. The number of amides is 2. The first-order chi connectivity index (χ1) is 14.1. The average molecular weight is 394 g/mol. The second-order valence-corrected chi connectivity index (χ2v) is 7.55. The van der Waals surface area contributed by atoms with E-state index < -0.39 is 0 Å². The number of anilines is 1. The summed E-state index contributed by atoms with van der Waals surface area (Å²) in [7, 11) is 3.22.